The minimum absolute atomic E-state index is 0.152. The van der Waals surface area contributed by atoms with E-state index in [1.807, 2.05) is 6.07 Å². The third kappa shape index (κ3) is 1.66. The monoisotopic (exact) mass is 283 g/mol. The van der Waals surface area contributed by atoms with Gasteiger partial charge in [-0.05, 0) is 47.3 Å². The van der Waals surface area contributed by atoms with Crippen LogP contribution in [0.15, 0.2) is 16.6 Å². The molecule has 0 aliphatic heterocycles. The van der Waals surface area contributed by atoms with Crippen LogP contribution in [0.1, 0.15) is 30.4 Å². The Morgan fingerprint density at radius 1 is 1.44 bits per heavy atom. The lowest BCUT2D eigenvalue weighted by Gasteiger charge is -2.43. The number of hydrogen-bond donors (Lipinski definition) is 1. The second-order valence-electron chi connectivity index (χ2n) is 4.61. The molecule has 88 valence electrons. The van der Waals surface area contributed by atoms with Gasteiger partial charge >= 0.3 is 0 Å². The van der Waals surface area contributed by atoms with Crippen molar-refractivity contribution in [3.05, 3.63) is 27.7 Å². The van der Waals surface area contributed by atoms with E-state index in [-0.39, 0.29) is 5.41 Å². The molecule has 2 rings (SSSR count). The molecule has 0 radical (unpaired) electrons. The molecule has 1 aromatic carbocycles. The van der Waals surface area contributed by atoms with Crippen molar-refractivity contribution >= 4 is 15.9 Å². The Balaban J connectivity index is 2.57. The summed E-state index contributed by atoms with van der Waals surface area (Å²) in [6.45, 7) is 2.85. The lowest BCUT2D eigenvalue weighted by Crippen LogP contribution is -2.42. The lowest BCUT2D eigenvalue weighted by molar-refractivity contribution is 0.242. The minimum atomic E-state index is 0.152. The van der Waals surface area contributed by atoms with Gasteiger partial charge in [-0.1, -0.05) is 12.5 Å². The number of ether oxygens (including phenoxy) is 1. The molecular weight excluding hydrogens is 266 g/mol. The van der Waals surface area contributed by atoms with Gasteiger partial charge in [0.05, 0.1) is 11.6 Å². The summed E-state index contributed by atoms with van der Waals surface area (Å²) in [5.41, 5.74) is 8.71. The average molecular weight is 284 g/mol. The molecular formula is C13H18BrNO. The molecule has 0 atom stereocenters. The summed E-state index contributed by atoms with van der Waals surface area (Å²) < 4.78 is 6.56. The summed E-state index contributed by atoms with van der Waals surface area (Å²) in [6, 6.07) is 4.18. The first kappa shape index (κ1) is 11.9. The molecule has 0 aromatic heterocycles. The maximum Gasteiger partial charge on any atom is 0.137 e. The van der Waals surface area contributed by atoms with Gasteiger partial charge in [0, 0.05) is 17.5 Å². The van der Waals surface area contributed by atoms with Gasteiger partial charge in [-0.2, -0.15) is 0 Å². The summed E-state index contributed by atoms with van der Waals surface area (Å²) in [5.74, 6) is 0.963. The van der Waals surface area contributed by atoms with Crippen LogP contribution in [0, 0.1) is 6.92 Å². The maximum absolute atomic E-state index is 5.97. The second kappa shape index (κ2) is 4.38. The molecule has 1 saturated carbocycles. The molecule has 1 aliphatic carbocycles. The molecule has 0 spiro atoms. The third-order valence-corrected chi connectivity index (χ3v) is 4.38. The molecule has 2 nitrogen and oxygen atoms in total. The topological polar surface area (TPSA) is 35.2 Å². The average Bonchev–Trinajstić information content (AvgIpc) is 2.22. The summed E-state index contributed by atoms with van der Waals surface area (Å²) in [7, 11) is 1.73. The summed E-state index contributed by atoms with van der Waals surface area (Å²) >= 11 is 3.55. The summed E-state index contributed by atoms with van der Waals surface area (Å²) in [6.07, 6.45) is 3.63. The van der Waals surface area contributed by atoms with Crippen molar-refractivity contribution in [3.8, 4) is 5.75 Å². The Kier molecular flexibility index (Phi) is 3.27. The zero-order valence-corrected chi connectivity index (χ0v) is 11.4. The Morgan fingerprint density at radius 3 is 2.56 bits per heavy atom. The molecule has 0 saturated heterocycles. The van der Waals surface area contributed by atoms with Gasteiger partial charge in [0.25, 0.3) is 0 Å². The standard InChI is InChI=1S/C13H18BrNO/c1-9-4-5-10(14)12(16-2)11(9)13(8-15)6-3-7-13/h4-5H,3,6-8,15H2,1-2H3. The van der Waals surface area contributed by atoms with Crippen LogP contribution in [0.2, 0.25) is 0 Å². The maximum atomic E-state index is 5.97. The first-order valence-electron chi connectivity index (χ1n) is 5.68. The molecule has 16 heavy (non-hydrogen) atoms. The van der Waals surface area contributed by atoms with Crippen LogP contribution in [-0.4, -0.2) is 13.7 Å². The van der Waals surface area contributed by atoms with Crippen LogP contribution >= 0.6 is 15.9 Å². The van der Waals surface area contributed by atoms with Crippen LogP contribution in [0.3, 0.4) is 0 Å². The van der Waals surface area contributed by atoms with Crippen molar-refractivity contribution in [1.29, 1.82) is 0 Å². The number of halogens is 1. The predicted molar refractivity (Wildman–Crippen MR) is 70.0 cm³/mol. The number of aryl methyl sites for hydroxylation is 1. The van der Waals surface area contributed by atoms with Gasteiger partial charge in [0.2, 0.25) is 0 Å². The van der Waals surface area contributed by atoms with E-state index in [0.717, 1.165) is 10.2 Å². The van der Waals surface area contributed by atoms with E-state index in [9.17, 15) is 0 Å². The summed E-state index contributed by atoms with van der Waals surface area (Å²) in [5, 5.41) is 0. The van der Waals surface area contributed by atoms with Crippen molar-refractivity contribution in [2.75, 3.05) is 13.7 Å². The number of benzene rings is 1. The van der Waals surface area contributed by atoms with Crippen LogP contribution in [0.25, 0.3) is 0 Å². The minimum Gasteiger partial charge on any atom is -0.495 e. The lowest BCUT2D eigenvalue weighted by atomic mass is 9.63. The van der Waals surface area contributed by atoms with E-state index in [1.165, 1.54) is 30.4 Å². The second-order valence-corrected chi connectivity index (χ2v) is 5.46. The Labute approximate surface area is 105 Å². The highest BCUT2D eigenvalue weighted by atomic mass is 79.9. The zero-order valence-electron chi connectivity index (χ0n) is 9.85. The highest BCUT2D eigenvalue weighted by Gasteiger charge is 2.40. The fourth-order valence-electron chi connectivity index (χ4n) is 2.67. The van der Waals surface area contributed by atoms with Gasteiger partial charge in [-0.25, -0.2) is 0 Å². The molecule has 0 bridgehead atoms. The molecule has 0 unspecified atom stereocenters. The quantitative estimate of drug-likeness (QED) is 0.925. The van der Waals surface area contributed by atoms with E-state index in [2.05, 4.69) is 28.9 Å². The van der Waals surface area contributed by atoms with Crippen molar-refractivity contribution < 1.29 is 4.74 Å². The SMILES string of the molecule is COc1c(Br)ccc(C)c1C1(CN)CCC1. The van der Waals surface area contributed by atoms with Gasteiger partial charge in [0.1, 0.15) is 5.75 Å². The molecule has 1 aromatic rings. The van der Waals surface area contributed by atoms with Gasteiger partial charge in [-0.3, -0.25) is 0 Å². The van der Waals surface area contributed by atoms with Crippen molar-refractivity contribution in [3.63, 3.8) is 0 Å². The molecule has 2 N–H and O–H groups in total. The van der Waals surface area contributed by atoms with Crippen LogP contribution in [0.4, 0.5) is 0 Å². The smallest absolute Gasteiger partial charge is 0.137 e. The first-order chi connectivity index (χ1) is 7.64. The van der Waals surface area contributed by atoms with Crippen LogP contribution in [0.5, 0.6) is 5.75 Å². The van der Waals surface area contributed by atoms with E-state index >= 15 is 0 Å². The third-order valence-electron chi connectivity index (χ3n) is 3.75. The predicted octanol–water partition coefficient (Wildman–Crippen LogP) is 3.15. The van der Waals surface area contributed by atoms with Crippen molar-refractivity contribution in [1.82, 2.24) is 0 Å². The number of methoxy groups -OCH3 is 1. The Hall–Kier alpha value is -0.540. The highest BCUT2D eigenvalue weighted by Crippen LogP contribution is 2.49. The Morgan fingerprint density at radius 2 is 2.12 bits per heavy atom. The van der Waals surface area contributed by atoms with E-state index < -0.39 is 0 Å². The van der Waals surface area contributed by atoms with E-state index in [1.54, 1.807) is 7.11 Å². The zero-order chi connectivity index (χ0) is 11.8. The van der Waals surface area contributed by atoms with Crippen LogP contribution in [-0.2, 0) is 5.41 Å². The molecule has 1 fully saturated rings. The fourth-order valence-corrected chi connectivity index (χ4v) is 3.17. The highest BCUT2D eigenvalue weighted by molar-refractivity contribution is 9.10. The van der Waals surface area contributed by atoms with Gasteiger partial charge in [-0.15, -0.1) is 0 Å². The normalized spacial score (nSPS) is 18.0. The number of nitrogens with two attached hydrogens (primary N) is 1. The van der Waals surface area contributed by atoms with Crippen molar-refractivity contribution in [2.45, 2.75) is 31.6 Å². The summed E-state index contributed by atoms with van der Waals surface area (Å²) in [4.78, 5) is 0. The largest absolute Gasteiger partial charge is 0.495 e. The molecule has 1 aliphatic rings. The molecule has 0 heterocycles. The van der Waals surface area contributed by atoms with E-state index in [0.29, 0.717) is 6.54 Å². The molecule has 3 heteroatoms. The van der Waals surface area contributed by atoms with E-state index in [4.69, 9.17) is 10.5 Å². The molecule has 0 amide bonds. The first-order valence-corrected chi connectivity index (χ1v) is 6.47. The fraction of sp³-hybridized carbons (Fsp3) is 0.538. The van der Waals surface area contributed by atoms with Gasteiger partial charge < -0.3 is 10.5 Å². The number of hydrogen-bond acceptors (Lipinski definition) is 2. The van der Waals surface area contributed by atoms with Crippen molar-refractivity contribution in [2.24, 2.45) is 5.73 Å². The van der Waals surface area contributed by atoms with Gasteiger partial charge in [0.15, 0.2) is 0 Å². The van der Waals surface area contributed by atoms with Crippen LogP contribution < -0.4 is 10.5 Å². The Bertz CT molecular complexity index is 394. The number of rotatable bonds is 3.